The number of methoxy groups -OCH3 is 1. The molecule has 0 spiro atoms. The average Bonchev–Trinajstić information content (AvgIpc) is 3.43. The normalized spacial score (nSPS) is 21.8. The van der Waals surface area contributed by atoms with Crippen molar-refractivity contribution in [3.8, 4) is 5.75 Å². The minimum Gasteiger partial charge on any atom is -0.497 e. The van der Waals surface area contributed by atoms with Crippen molar-refractivity contribution in [2.75, 3.05) is 26.7 Å². The van der Waals surface area contributed by atoms with Crippen LogP contribution >= 0.6 is 11.8 Å². The molecule has 186 valence electrons. The summed E-state index contributed by atoms with van der Waals surface area (Å²) in [6, 6.07) is 13.7. The smallest absolute Gasteiger partial charge is 0.251 e. The number of nitrogens with zero attached hydrogens (tertiary/aromatic N) is 1. The molecule has 2 saturated heterocycles. The standard InChI is InChI=1S/C25H29N3O5S2/c1-3-23(29)27-24-14-19-15-28(16-22(19)34-24)35(31,32)21-10-6-18(7-11-21)25(30)26-13-12-17-4-8-20(33-2)9-5-17/h3-11,19,22,24H,1,12-16H2,2H3,(H,26,30)(H,27,29). The zero-order valence-electron chi connectivity index (χ0n) is 19.5. The third kappa shape index (κ3) is 5.88. The first-order valence-electron chi connectivity index (χ1n) is 11.4. The molecule has 2 amide bonds. The third-order valence-corrected chi connectivity index (χ3v) is 9.67. The van der Waals surface area contributed by atoms with Gasteiger partial charge in [0.25, 0.3) is 5.91 Å². The first-order chi connectivity index (χ1) is 16.8. The Hall–Kier alpha value is -2.82. The molecule has 3 unspecified atom stereocenters. The van der Waals surface area contributed by atoms with Crippen LogP contribution in [0.25, 0.3) is 0 Å². The van der Waals surface area contributed by atoms with Crippen molar-refractivity contribution in [1.29, 1.82) is 0 Å². The van der Waals surface area contributed by atoms with E-state index in [0.717, 1.165) is 17.7 Å². The van der Waals surface area contributed by atoms with Gasteiger partial charge in [0.15, 0.2) is 0 Å². The summed E-state index contributed by atoms with van der Waals surface area (Å²) >= 11 is 1.61. The molecule has 0 aliphatic carbocycles. The second-order valence-electron chi connectivity index (χ2n) is 8.57. The van der Waals surface area contributed by atoms with Gasteiger partial charge < -0.3 is 15.4 Å². The van der Waals surface area contributed by atoms with Gasteiger partial charge in [-0.2, -0.15) is 4.31 Å². The van der Waals surface area contributed by atoms with E-state index >= 15 is 0 Å². The number of fused-ring (bicyclic) bond motifs is 1. The van der Waals surface area contributed by atoms with Gasteiger partial charge in [-0.25, -0.2) is 8.42 Å². The molecule has 0 bridgehead atoms. The Morgan fingerprint density at radius 3 is 2.49 bits per heavy atom. The van der Waals surface area contributed by atoms with Crippen molar-refractivity contribution in [3.63, 3.8) is 0 Å². The molecule has 2 aliphatic heterocycles. The second kappa shape index (κ2) is 10.8. The molecule has 2 fully saturated rings. The Morgan fingerprint density at radius 1 is 1.14 bits per heavy atom. The number of carbonyl (C=O) groups excluding carboxylic acids is 2. The summed E-state index contributed by atoms with van der Waals surface area (Å²) in [7, 11) is -2.04. The molecular formula is C25H29N3O5S2. The number of amides is 2. The van der Waals surface area contributed by atoms with E-state index in [4.69, 9.17) is 4.74 Å². The highest BCUT2D eigenvalue weighted by Crippen LogP contribution is 2.43. The number of ether oxygens (including phenoxy) is 1. The molecular weight excluding hydrogens is 486 g/mol. The lowest BCUT2D eigenvalue weighted by molar-refractivity contribution is -0.116. The Labute approximate surface area is 210 Å². The average molecular weight is 516 g/mol. The monoisotopic (exact) mass is 515 g/mol. The van der Waals surface area contributed by atoms with Crippen LogP contribution in [0.4, 0.5) is 0 Å². The Balaban J connectivity index is 1.29. The molecule has 2 aromatic rings. The van der Waals surface area contributed by atoms with E-state index in [9.17, 15) is 18.0 Å². The summed E-state index contributed by atoms with van der Waals surface area (Å²) < 4.78 is 32.9. The van der Waals surface area contributed by atoms with Gasteiger partial charge in [0.2, 0.25) is 15.9 Å². The SMILES string of the molecule is C=CC(=O)NC1CC2CN(S(=O)(=O)c3ccc(C(=O)NCCc4ccc(OC)cc4)cc3)CC2S1. The molecule has 2 aromatic carbocycles. The molecule has 4 rings (SSSR count). The molecule has 2 heterocycles. The van der Waals surface area contributed by atoms with Gasteiger partial charge in [0.1, 0.15) is 5.75 Å². The summed E-state index contributed by atoms with van der Waals surface area (Å²) in [6.07, 6.45) is 2.66. The first kappa shape index (κ1) is 25.3. The van der Waals surface area contributed by atoms with E-state index in [1.165, 1.54) is 22.5 Å². The molecule has 8 nitrogen and oxygen atoms in total. The van der Waals surface area contributed by atoms with Crippen molar-refractivity contribution >= 4 is 33.6 Å². The molecule has 2 N–H and O–H groups in total. The largest absolute Gasteiger partial charge is 0.497 e. The first-order valence-corrected chi connectivity index (χ1v) is 13.8. The van der Waals surface area contributed by atoms with E-state index in [2.05, 4.69) is 17.2 Å². The van der Waals surface area contributed by atoms with E-state index in [-0.39, 0.29) is 33.3 Å². The number of sulfonamides is 1. The zero-order valence-corrected chi connectivity index (χ0v) is 21.1. The van der Waals surface area contributed by atoms with E-state index < -0.39 is 10.0 Å². The van der Waals surface area contributed by atoms with Crippen LogP contribution in [0.3, 0.4) is 0 Å². The Bertz CT molecular complexity index is 1170. The number of hydrogen-bond donors (Lipinski definition) is 2. The van der Waals surface area contributed by atoms with Gasteiger partial charge >= 0.3 is 0 Å². The van der Waals surface area contributed by atoms with Crippen LogP contribution in [0.1, 0.15) is 22.3 Å². The zero-order chi connectivity index (χ0) is 25.0. The fraction of sp³-hybridized carbons (Fsp3) is 0.360. The van der Waals surface area contributed by atoms with Gasteiger partial charge in [0, 0.05) is 30.4 Å². The van der Waals surface area contributed by atoms with Gasteiger partial charge in [-0.3, -0.25) is 9.59 Å². The third-order valence-electron chi connectivity index (χ3n) is 6.30. The number of nitrogens with one attached hydrogen (secondary N) is 2. The van der Waals surface area contributed by atoms with Crippen LogP contribution in [0.15, 0.2) is 66.1 Å². The summed E-state index contributed by atoms with van der Waals surface area (Å²) in [4.78, 5) is 24.2. The lowest BCUT2D eigenvalue weighted by Gasteiger charge is -2.19. The van der Waals surface area contributed by atoms with Gasteiger partial charge in [-0.1, -0.05) is 18.7 Å². The lowest BCUT2D eigenvalue weighted by atomic mass is 10.1. The maximum atomic E-state index is 13.2. The van der Waals surface area contributed by atoms with E-state index in [1.54, 1.807) is 31.0 Å². The van der Waals surface area contributed by atoms with Crippen LogP contribution in [0, 0.1) is 5.92 Å². The predicted molar refractivity (Wildman–Crippen MR) is 136 cm³/mol. The van der Waals surface area contributed by atoms with Gasteiger partial charge in [0.05, 0.1) is 17.4 Å². The molecule has 3 atom stereocenters. The highest BCUT2D eigenvalue weighted by molar-refractivity contribution is 8.00. The summed E-state index contributed by atoms with van der Waals surface area (Å²) in [5.74, 6) is 0.518. The van der Waals surface area contributed by atoms with Crippen molar-refractivity contribution in [2.24, 2.45) is 5.92 Å². The molecule has 10 heteroatoms. The van der Waals surface area contributed by atoms with Crippen LogP contribution in [-0.4, -0.2) is 61.9 Å². The number of benzene rings is 2. The number of hydrogen-bond acceptors (Lipinski definition) is 6. The maximum absolute atomic E-state index is 13.2. The highest BCUT2D eigenvalue weighted by Gasteiger charge is 2.45. The number of thioether (sulfide) groups is 1. The second-order valence-corrected chi connectivity index (χ2v) is 12.0. The summed E-state index contributed by atoms with van der Waals surface area (Å²) in [5.41, 5.74) is 1.49. The van der Waals surface area contributed by atoms with Crippen molar-refractivity contribution < 1.29 is 22.7 Å². The van der Waals surface area contributed by atoms with Crippen LogP contribution in [-0.2, 0) is 21.2 Å². The van der Waals surface area contributed by atoms with E-state index in [0.29, 0.717) is 31.6 Å². The topological polar surface area (TPSA) is 105 Å². The fourth-order valence-corrected chi connectivity index (χ4v) is 7.64. The minimum absolute atomic E-state index is 0.0112. The van der Waals surface area contributed by atoms with Crippen molar-refractivity contribution in [3.05, 3.63) is 72.3 Å². The highest BCUT2D eigenvalue weighted by atomic mass is 32.2. The molecule has 0 radical (unpaired) electrons. The maximum Gasteiger partial charge on any atom is 0.251 e. The summed E-state index contributed by atoms with van der Waals surface area (Å²) in [5, 5.41) is 5.89. The van der Waals surface area contributed by atoms with Crippen molar-refractivity contribution in [2.45, 2.75) is 28.4 Å². The van der Waals surface area contributed by atoms with Crippen molar-refractivity contribution in [1.82, 2.24) is 14.9 Å². The summed E-state index contributed by atoms with van der Waals surface area (Å²) in [6.45, 7) is 4.76. The van der Waals surface area contributed by atoms with Gasteiger partial charge in [-0.05, 0) is 66.8 Å². The molecule has 35 heavy (non-hydrogen) atoms. The van der Waals surface area contributed by atoms with Crippen LogP contribution < -0.4 is 15.4 Å². The Morgan fingerprint density at radius 2 is 1.86 bits per heavy atom. The van der Waals surface area contributed by atoms with Crippen LogP contribution in [0.2, 0.25) is 0 Å². The fourth-order valence-electron chi connectivity index (χ4n) is 4.37. The quantitative estimate of drug-likeness (QED) is 0.497. The predicted octanol–water partition coefficient (Wildman–Crippen LogP) is 2.42. The number of carbonyl (C=O) groups is 2. The lowest BCUT2D eigenvalue weighted by Crippen LogP contribution is -2.33. The Kier molecular flexibility index (Phi) is 7.83. The molecule has 0 saturated carbocycles. The number of rotatable bonds is 9. The minimum atomic E-state index is -3.65. The van der Waals surface area contributed by atoms with Crippen LogP contribution in [0.5, 0.6) is 5.75 Å². The van der Waals surface area contributed by atoms with Gasteiger partial charge in [-0.15, -0.1) is 11.8 Å². The molecule has 0 aromatic heterocycles. The van der Waals surface area contributed by atoms with E-state index in [1.807, 2.05) is 24.3 Å². The molecule has 2 aliphatic rings.